The lowest BCUT2D eigenvalue weighted by Gasteiger charge is -2.15. The lowest BCUT2D eigenvalue weighted by molar-refractivity contribution is -0.134. The molecule has 3 aromatic carbocycles. The third kappa shape index (κ3) is 7.22. The van der Waals surface area contributed by atoms with Crippen molar-refractivity contribution in [3.05, 3.63) is 89.0 Å². The van der Waals surface area contributed by atoms with Gasteiger partial charge < -0.3 is 18.9 Å². The van der Waals surface area contributed by atoms with Gasteiger partial charge in [0.1, 0.15) is 24.7 Å². The normalized spacial score (nSPS) is 10.9. The Labute approximate surface area is 201 Å². The SMILES string of the molecule is CCOCCOc1cc(C)c(-c2cccc(COc3ccc(C=CC(=O)OC)cc3)c2)c(C)c1. The number of benzene rings is 3. The molecule has 0 spiro atoms. The molecule has 0 bridgehead atoms. The molecule has 0 aliphatic heterocycles. The van der Waals surface area contributed by atoms with Crippen LogP contribution in [0.3, 0.4) is 0 Å². The third-order valence-corrected chi connectivity index (χ3v) is 5.32. The summed E-state index contributed by atoms with van der Waals surface area (Å²) in [5, 5.41) is 0. The van der Waals surface area contributed by atoms with E-state index >= 15 is 0 Å². The molecule has 0 amide bonds. The summed E-state index contributed by atoms with van der Waals surface area (Å²) < 4.78 is 21.8. The summed E-state index contributed by atoms with van der Waals surface area (Å²) in [6.07, 6.45) is 3.10. The van der Waals surface area contributed by atoms with Gasteiger partial charge in [-0.2, -0.15) is 0 Å². The molecule has 0 radical (unpaired) electrons. The van der Waals surface area contributed by atoms with Gasteiger partial charge in [-0.25, -0.2) is 4.79 Å². The van der Waals surface area contributed by atoms with Crippen LogP contribution in [0.1, 0.15) is 29.2 Å². The van der Waals surface area contributed by atoms with E-state index in [1.54, 1.807) is 6.08 Å². The Kier molecular flexibility index (Phi) is 9.30. The van der Waals surface area contributed by atoms with Crippen molar-refractivity contribution < 1.29 is 23.7 Å². The standard InChI is InChI=1S/C29H32O5/c1-5-32-15-16-33-27-17-21(2)29(22(3)18-27)25-8-6-7-24(19-25)20-34-26-12-9-23(10-13-26)11-14-28(30)31-4/h6-14,17-19H,5,15-16,20H2,1-4H3. The third-order valence-electron chi connectivity index (χ3n) is 5.32. The number of hydrogen-bond donors (Lipinski definition) is 0. The number of carbonyl (C=O) groups is 1. The molecule has 0 saturated carbocycles. The van der Waals surface area contributed by atoms with E-state index in [2.05, 4.69) is 55.0 Å². The van der Waals surface area contributed by atoms with E-state index in [-0.39, 0.29) is 5.97 Å². The number of rotatable bonds is 11. The first-order chi connectivity index (χ1) is 16.5. The van der Waals surface area contributed by atoms with Crippen molar-refractivity contribution in [1.29, 1.82) is 0 Å². The van der Waals surface area contributed by atoms with E-state index in [9.17, 15) is 4.79 Å². The van der Waals surface area contributed by atoms with Gasteiger partial charge in [0.15, 0.2) is 0 Å². The fraction of sp³-hybridized carbons (Fsp3) is 0.276. The quantitative estimate of drug-likeness (QED) is 0.195. The van der Waals surface area contributed by atoms with E-state index in [0.29, 0.717) is 26.4 Å². The number of esters is 1. The second-order valence-electron chi connectivity index (χ2n) is 7.89. The molecule has 34 heavy (non-hydrogen) atoms. The van der Waals surface area contributed by atoms with E-state index in [0.717, 1.165) is 28.2 Å². The van der Waals surface area contributed by atoms with Crippen molar-refractivity contribution in [2.75, 3.05) is 26.9 Å². The first-order valence-electron chi connectivity index (χ1n) is 11.4. The van der Waals surface area contributed by atoms with E-state index in [4.69, 9.17) is 14.2 Å². The fourth-order valence-electron chi connectivity index (χ4n) is 3.72. The molecule has 0 N–H and O–H groups in total. The molecule has 0 atom stereocenters. The van der Waals surface area contributed by atoms with Crippen molar-refractivity contribution in [3.63, 3.8) is 0 Å². The molecular formula is C29H32O5. The Bertz CT molecular complexity index is 1090. The molecule has 178 valence electrons. The summed E-state index contributed by atoms with van der Waals surface area (Å²) in [7, 11) is 1.36. The largest absolute Gasteiger partial charge is 0.491 e. The van der Waals surface area contributed by atoms with Crippen molar-refractivity contribution in [3.8, 4) is 22.6 Å². The maximum atomic E-state index is 11.2. The Hall–Kier alpha value is -3.57. The highest BCUT2D eigenvalue weighted by Crippen LogP contribution is 2.31. The molecule has 0 saturated heterocycles. The topological polar surface area (TPSA) is 54.0 Å². The lowest BCUT2D eigenvalue weighted by Crippen LogP contribution is -2.06. The summed E-state index contributed by atoms with van der Waals surface area (Å²) in [6, 6.07) is 20.1. The highest BCUT2D eigenvalue weighted by atomic mass is 16.5. The summed E-state index contributed by atoms with van der Waals surface area (Å²) in [5.74, 6) is 1.25. The van der Waals surface area contributed by atoms with Crippen LogP contribution in [-0.4, -0.2) is 32.9 Å². The van der Waals surface area contributed by atoms with Gasteiger partial charge in [0, 0.05) is 12.7 Å². The van der Waals surface area contributed by atoms with Gasteiger partial charge in [0.2, 0.25) is 0 Å². The molecule has 0 fully saturated rings. The Balaban J connectivity index is 1.66. The van der Waals surface area contributed by atoms with Crippen LogP contribution in [-0.2, 0) is 20.9 Å². The minimum atomic E-state index is -0.380. The Morgan fingerprint density at radius 3 is 2.29 bits per heavy atom. The van der Waals surface area contributed by atoms with Gasteiger partial charge in [-0.1, -0.05) is 30.3 Å². The van der Waals surface area contributed by atoms with Crippen LogP contribution in [0.4, 0.5) is 0 Å². The van der Waals surface area contributed by atoms with Gasteiger partial charge in [0.05, 0.1) is 13.7 Å². The molecule has 5 heteroatoms. The van der Waals surface area contributed by atoms with Crippen molar-refractivity contribution in [2.45, 2.75) is 27.4 Å². The molecule has 0 unspecified atom stereocenters. The number of carbonyl (C=O) groups excluding carboxylic acids is 1. The number of aryl methyl sites for hydroxylation is 2. The average molecular weight is 461 g/mol. The second kappa shape index (κ2) is 12.6. The second-order valence-corrected chi connectivity index (χ2v) is 7.89. The monoisotopic (exact) mass is 460 g/mol. The molecule has 0 aromatic heterocycles. The summed E-state index contributed by atoms with van der Waals surface area (Å²) in [5.41, 5.74) is 6.68. The minimum Gasteiger partial charge on any atom is -0.491 e. The average Bonchev–Trinajstić information content (AvgIpc) is 2.84. The zero-order valence-electron chi connectivity index (χ0n) is 20.3. The zero-order valence-corrected chi connectivity index (χ0v) is 20.3. The molecule has 0 heterocycles. The predicted molar refractivity (Wildman–Crippen MR) is 135 cm³/mol. The van der Waals surface area contributed by atoms with Crippen molar-refractivity contribution in [1.82, 2.24) is 0 Å². The fourth-order valence-corrected chi connectivity index (χ4v) is 3.72. The summed E-state index contributed by atoms with van der Waals surface area (Å²) >= 11 is 0. The van der Waals surface area contributed by atoms with Gasteiger partial charge in [-0.05, 0) is 90.6 Å². The molecule has 0 aliphatic carbocycles. The van der Waals surface area contributed by atoms with E-state index < -0.39 is 0 Å². The van der Waals surface area contributed by atoms with Gasteiger partial charge >= 0.3 is 5.97 Å². The first-order valence-corrected chi connectivity index (χ1v) is 11.4. The first kappa shape index (κ1) is 25.1. The number of methoxy groups -OCH3 is 1. The minimum absolute atomic E-state index is 0.380. The molecule has 5 nitrogen and oxygen atoms in total. The highest BCUT2D eigenvalue weighted by molar-refractivity contribution is 5.86. The van der Waals surface area contributed by atoms with Gasteiger partial charge in [-0.15, -0.1) is 0 Å². The van der Waals surface area contributed by atoms with Crippen molar-refractivity contribution in [2.24, 2.45) is 0 Å². The van der Waals surface area contributed by atoms with Crippen LogP contribution in [0.25, 0.3) is 17.2 Å². The molecule has 3 rings (SSSR count). The van der Waals surface area contributed by atoms with E-state index in [1.807, 2.05) is 31.2 Å². The maximum absolute atomic E-state index is 11.2. The van der Waals surface area contributed by atoms with Crippen LogP contribution in [0.15, 0.2) is 66.7 Å². The summed E-state index contributed by atoms with van der Waals surface area (Å²) in [6.45, 7) is 8.48. The van der Waals surface area contributed by atoms with Crippen LogP contribution >= 0.6 is 0 Å². The van der Waals surface area contributed by atoms with Crippen LogP contribution in [0.5, 0.6) is 11.5 Å². The summed E-state index contributed by atoms with van der Waals surface area (Å²) in [4.78, 5) is 11.2. The molecule has 3 aromatic rings. The Morgan fingerprint density at radius 1 is 0.882 bits per heavy atom. The van der Waals surface area contributed by atoms with Gasteiger partial charge in [-0.3, -0.25) is 0 Å². The molecular weight excluding hydrogens is 428 g/mol. The smallest absolute Gasteiger partial charge is 0.330 e. The van der Waals surface area contributed by atoms with Crippen LogP contribution < -0.4 is 9.47 Å². The van der Waals surface area contributed by atoms with Crippen molar-refractivity contribution >= 4 is 12.0 Å². The lowest BCUT2D eigenvalue weighted by atomic mass is 9.94. The Morgan fingerprint density at radius 2 is 1.62 bits per heavy atom. The van der Waals surface area contributed by atoms with Gasteiger partial charge in [0.25, 0.3) is 0 Å². The zero-order chi connectivity index (χ0) is 24.3. The van der Waals surface area contributed by atoms with Crippen LogP contribution in [0, 0.1) is 13.8 Å². The molecule has 0 aliphatic rings. The maximum Gasteiger partial charge on any atom is 0.330 e. The predicted octanol–water partition coefficient (Wildman–Crippen LogP) is 6.15. The highest BCUT2D eigenvalue weighted by Gasteiger charge is 2.10. The number of hydrogen-bond acceptors (Lipinski definition) is 5. The number of ether oxygens (including phenoxy) is 4. The van der Waals surface area contributed by atoms with Crippen LogP contribution in [0.2, 0.25) is 0 Å². The van der Waals surface area contributed by atoms with E-state index in [1.165, 1.54) is 29.9 Å².